The number of hydrogen-bond acceptors (Lipinski definition) is 0. The van der Waals surface area contributed by atoms with Crippen molar-refractivity contribution in [3.8, 4) is 0 Å². The van der Waals surface area contributed by atoms with E-state index in [2.05, 4.69) is 69.3 Å². The summed E-state index contributed by atoms with van der Waals surface area (Å²) in [5, 5.41) is 2.80. The van der Waals surface area contributed by atoms with Gasteiger partial charge in [-0.25, -0.2) is 6.07 Å². The van der Waals surface area contributed by atoms with Crippen LogP contribution >= 0.6 is 24.8 Å². The first-order valence-electron chi connectivity index (χ1n) is 9.02. The standard InChI is InChI=1S/C13H15.C10H13.2ClH.Ti/c1-10(2)9-12-8-7-11-5-3-4-6-13(11)12;1-8-6-7-9-4-2-3-5-10(8)9;;;/h3-8,10H,9H2,1-2H3;6-7H,2-5H2,1H3;2*1H;/q2*-1;;;+2. The van der Waals surface area contributed by atoms with Gasteiger partial charge in [0.25, 0.3) is 0 Å². The molecular formula is C23H30Cl2Ti. The summed E-state index contributed by atoms with van der Waals surface area (Å²) in [7, 11) is 0. The predicted molar refractivity (Wildman–Crippen MR) is 116 cm³/mol. The van der Waals surface area contributed by atoms with E-state index in [1.54, 1.807) is 11.1 Å². The average Bonchev–Trinajstić information content (AvgIpc) is 3.13. The van der Waals surface area contributed by atoms with Crippen molar-refractivity contribution in [2.75, 3.05) is 0 Å². The fraction of sp³-hybridized carbons (Fsp3) is 0.391. The molecule has 0 spiro atoms. The maximum atomic E-state index is 2.30. The number of benzene rings is 1. The van der Waals surface area contributed by atoms with Gasteiger partial charge in [0.15, 0.2) is 0 Å². The van der Waals surface area contributed by atoms with Gasteiger partial charge < -0.3 is 0 Å². The van der Waals surface area contributed by atoms with Crippen LogP contribution in [0, 0.1) is 12.8 Å². The second-order valence-electron chi connectivity index (χ2n) is 7.27. The molecule has 0 heterocycles. The molecule has 0 radical (unpaired) electrons. The third-order valence-corrected chi connectivity index (χ3v) is 4.92. The van der Waals surface area contributed by atoms with Gasteiger partial charge in [-0.2, -0.15) is 28.8 Å². The molecule has 1 aliphatic rings. The maximum absolute atomic E-state index is 2.30. The fourth-order valence-electron chi connectivity index (χ4n) is 3.72. The molecule has 3 heteroatoms. The molecule has 0 saturated carbocycles. The van der Waals surface area contributed by atoms with Crippen LogP contribution in [0.15, 0.2) is 48.5 Å². The molecule has 0 fully saturated rings. The Morgan fingerprint density at radius 3 is 2.31 bits per heavy atom. The largest absolute Gasteiger partial charge is 2.00 e. The molecule has 26 heavy (non-hydrogen) atoms. The third-order valence-electron chi connectivity index (χ3n) is 4.92. The fourth-order valence-corrected chi connectivity index (χ4v) is 3.72. The van der Waals surface area contributed by atoms with Crippen molar-refractivity contribution in [1.29, 1.82) is 0 Å². The Bertz CT molecular complexity index is 767. The van der Waals surface area contributed by atoms with Gasteiger partial charge in [-0.15, -0.1) is 65.4 Å². The predicted octanol–water partition coefficient (Wildman–Crippen LogP) is 7.19. The minimum absolute atomic E-state index is 0. The molecule has 0 amide bonds. The average molecular weight is 425 g/mol. The molecule has 0 nitrogen and oxygen atoms in total. The Morgan fingerprint density at radius 2 is 1.62 bits per heavy atom. The van der Waals surface area contributed by atoms with Crippen LogP contribution in [0.4, 0.5) is 0 Å². The number of rotatable bonds is 2. The van der Waals surface area contributed by atoms with Gasteiger partial charge in [-0.1, -0.05) is 64.9 Å². The molecule has 0 aromatic heterocycles. The van der Waals surface area contributed by atoms with Gasteiger partial charge in [0, 0.05) is 0 Å². The SMILES string of the molecule is CC(C)C[c-]1ccc2ccccc21.C[c-]1ccc2c1CCCC2.Cl.Cl.[Ti+2]. The van der Waals surface area contributed by atoms with Gasteiger partial charge in [0.05, 0.1) is 0 Å². The Labute approximate surface area is 186 Å². The van der Waals surface area contributed by atoms with Crippen molar-refractivity contribution < 1.29 is 21.7 Å². The minimum Gasteiger partial charge on any atom is -0.210 e. The van der Waals surface area contributed by atoms with Crippen molar-refractivity contribution >= 4 is 35.6 Å². The van der Waals surface area contributed by atoms with Crippen LogP contribution in [0.25, 0.3) is 10.8 Å². The summed E-state index contributed by atoms with van der Waals surface area (Å²) in [6.07, 6.45) is 6.64. The van der Waals surface area contributed by atoms with E-state index in [0.29, 0.717) is 0 Å². The molecule has 0 saturated heterocycles. The topological polar surface area (TPSA) is 0 Å². The Hall–Kier alpha value is -0.526. The molecule has 140 valence electrons. The maximum Gasteiger partial charge on any atom is 2.00 e. The summed E-state index contributed by atoms with van der Waals surface area (Å²) in [6, 6.07) is 17.6. The molecule has 0 bridgehead atoms. The third kappa shape index (κ3) is 6.27. The van der Waals surface area contributed by atoms with Crippen LogP contribution in [0.5, 0.6) is 0 Å². The Balaban J connectivity index is 0.000000441. The minimum atomic E-state index is 0. The van der Waals surface area contributed by atoms with Crippen molar-refractivity contribution in [1.82, 2.24) is 0 Å². The van der Waals surface area contributed by atoms with Crippen LogP contribution in [-0.2, 0) is 41.0 Å². The second kappa shape index (κ2) is 12.0. The van der Waals surface area contributed by atoms with Crippen LogP contribution in [0.1, 0.15) is 48.9 Å². The smallest absolute Gasteiger partial charge is 0.210 e. The van der Waals surface area contributed by atoms with E-state index in [1.807, 2.05) is 0 Å². The number of fused-ring (bicyclic) bond motifs is 2. The second-order valence-corrected chi connectivity index (χ2v) is 7.27. The number of hydrogen-bond donors (Lipinski definition) is 0. The molecule has 0 N–H and O–H groups in total. The van der Waals surface area contributed by atoms with Crippen molar-refractivity contribution in [3.63, 3.8) is 0 Å². The zero-order valence-corrected chi connectivity index (χ0v) is 19.2. The molecule has 0 atom stereocenters. The van der Waals surface area contributed by atoms with E-state index in [9.17, 15) is 0 Å². The summed E-state index contributed by atoms with van der Waals surface area (Å²) in [5.74, 6) is 0.741. The van der Waals surface area contributed by atoms with Gasteiger partial charge >= 0.3 is 21.7 Å². The first kappa shape index (κ1) is 25.5. The monoisotopic (exact) mass is 424 g/mol. The number of aryl methyl sites for hydroxylation is 2. The van der Waals surface area contributed by atoms with Crippen molar-refractivity contribution in [2.24, 2.45) is 5.92 Å². The summed E-state index contributed by atoms with van der Waals surface area (Å²) < 4.78 is 0. The molecule has 0 unspecified atom stereocenters. The summed E-state index contributed by atoms with van der Waals surface area (Å²) in [6.45, 7) is 6.76. The van der Waals surface area contributed by atoms with E-state index < -0.39 is 0 Å². The first-order valence-corrected chi connectivity index (χ1v) is 9.02. The van der Waals surface area contributed by atoms with Crippen LogP contribution in [0.3, 0.4) is 0 Å². The van der Waals surface area contributed by atoms with Gasteiger partial charge in [-0.3, -0.25) is 0 Å². The van der Waals surface area contributed by atoms with Gasteiger partial charge in [0.1, 0.15) is 0 Å². The summed E-state index contributed by atoms with van der Waals surface area (Å²) in [4.78, 5) is 0. The number of halogens is 2. The van der Waals surface area contributed by atoms with E-state index in [0.717, 1.165) is 5.92 Å². The van der Waals surface area contributed by atoms with Crippen LogP contribution < -0.4 is 0 Å². The molecule has 0 aliphatic heterocycles. The molecule has 4 rings (SSSR count). The van der Waals surface area contributed by atoms with Crippen LogP contribution in [0.2, 0.25) is 0 Å². The Morgan fingerprint density at radius 1 is 0.923 bits per heavy atom. The van der Waals surface area contributed by atoms with E-state index in [4.69, 9.17) is 0 Å². The summed E-state index contributed by atoms with van der Waals surface area (Å²) in [5.41, 5.74) is 6.26. The van der Waals surface area contributed by atoms with Crippen LogP contribution in [-0.4, -0.2) is 0 Å². The molecular weight excluding hydrogens is 395 g/mol. The van der Waals surface area contributed by atoms with E-state index >= 15 is 0 Å². The van der Waals surface area contributed by atoms with Crippen molar-refractivity contribution in [3.05, 3.63) is 70.8 Å². The van der Waals surface area contributed by atoms with E-state index in [1.165, 1.54) is 54.0 Å². The normalized spacial score (nSPS) is 12.2. The molecule has 3 aromatic carbocycles. The zero-order chi connectivity index (χ0) is 16.2. The first-order chi connectivity index (χ1) is 11.1. The van der Waals surface area contributed by atoms with E-state index in [-0.39, 0.29) is 46.5 Å². The molecule has 1 aliphatic carbocycles. The molecule has 3 aromatic rings. The van der Waals surface area contributed by atoms with Gasteiger partial charge in [-0.05, 0) is 0 Å². The summed E-state index contributed by atoms with van der Waals surface area (Å²) >= 11 is 0. The zero-order valence-electron chi connectivity index (χ0n) is 16.0. The van der Waals surface area contributed by atoms with Gasteiger partial charge in [0.2, 0.25) is 0 Å². The Kier molecular flexibility index (Phi) is 11.8. The quantitative estimate of drug-likeness (QED) is 0.301. The van der Waals surface area contributed by atoms with Crippen molar-refractivity contribution in [2.45, 2.75) is 52.9 Å².